The van der Waals surface area contributed by atoms with Crippen molar-refractivity contribution in [2.75, 3.05) is 18.8 Å². The molecule has 0 unspecified atom stereocenters. The van der Waals surface area contributed by atoms with E-state index in [1.807, 2.05) is 24.8 Å². The lowest BCUT2D eigenvalue weighted by Gasteiger charge is -2.24. The maximum Gasteiger partial charge on any atom is 0.232 e. The molecule has 0 radical (unpaired) electrons. The van der Waals surface area contributed by atoms with E-state index in [4.69, 9.17) is 0 Å². The van der Waals surface area contributed by atoms with Gasteiger partial charge in [0.2, 0.25) is 5.91 Å². The average Bonchev–Trinajstić information content (AvgIpc) is 2.44. The molecule has 118 valence electrons. The second-order valence-corrected chi connectivity index (χ2v) is 6.77. The summed E-state index contributed by atoms with van der Waals surface area (Å²) in [6.07, 6.45) is 5.92. The standard InChI is InChI=1S/C17H23N3OS/c1-13-10-14(2)19-17(15(13)11-18)22-12-16(21)20-8-6-4-3-5-7-9-20/h10H,3-9,12H2,1-2H3. The van der Waals surface area contributed by atoms with Gasteiger partial charge in [-0.1, -0.05) is 31.0 Å². The fourth-order valence-corrected chi connectivity index (χ4v) is 3.76. The zero-order chi connectivity index (χ0) is 15.9. The molecule has 0 bridgehead atoms. The maximum absolute atomic E-state index is 12.4. The van der Waals surface area contributed by atoms with Crippen LogP contribution in [0.5, 0.6) is 0 Å². The summed E-state index contributed by atoms with van der Waals surface area (Å²) in [6, 6.07) is 4.11. The number of hydrogen-bond donors (Lipinski definition) is 0. The Balaban J connectivity index is 2.00. The van der Waals surface area contributed by atoms with Crippen LogP contribution < -0.4 is 0 Å². The van der Waals surface area contributed by atoms with Crippen molar-refractivity contribution in [2.24, 2.45) is 0 Å². The van der Waals surface area contributed by atoms with E-state index in [0.29, 0.717) is 16.3 Å². The normalized spacial score (nSPS) is 15.8. The molecule has 2 heterocycles. The first kappa shape index (κ1) is 16.8. The molecule has 1 aromatic heterocycles. The number of thioether (sulfide) groups is 1. The van der Waals surface area contributed by atoms with E-state index >= 15 is 0 Å². The summed E-state index contributed by atoms with van der Waals surface area (Å²) in [4.78, 5) is 18.8. The second kappa shape index (κ2) is 8.19. The van der Waals surface area contributed by atoms with E-state index in [2.05, 4.69) is 11.1 Å². The van der Waals surface area contributed by atoms with Crippen LogP contribution in [0, 0.1) is 25.2 Å². The SMILES string of the molecule is Cc1cc(C)c(C#N)c(SCC(=O)N2CCCCCCC2)n1. The van der Waals surface area contributed by atoms with Gasteiger partial charge in [-0.05, 0) is 38.3 Å². The molecule has 0 atom stereocenters. The zero-order valence-corrected chi connectivity index (χ0v) is 14.2. The quantitative estimate of drug-likeness (QED) is 0.801. The number of amides is 1. The van der Waals surface area contributed by atoms with E-state index in [-0.39, 0.29) is 5.91 Å². The van der Waals surface area contributed by atoms with Crippen LogP contribution in [0.15, 0.2) is 11.1 Å². The number of aryl methyl sites for hydroxylation is 2. The number of nitriles is 1. The molecule has 0 spiro atoms. The van der Waals surface area contributed by atoms with E-state index in [0.717, 1.165) is 37.2 Å². The van der Waals surface area contributed by atoms with Crippen molar-refractivity contribution in [1.82, 2.24) is 9.88 Å². The largest absolute Gasteiger partial charge is 0.342 e. The smallest absolute Gasteiger partial charge is 0.232 e. The molecule has 1 aromatic rings. The van der Waals surface area contributed by atoms with Crippen molar-refractivity contribution in [3.05, 3.63) is 22.9 Å². The van der Waals surface area contributed by atoms with Crippen LogP contribution in [-0.2, 0) is 4.79 Å². The fraction of sp³-hybridized carbons (Fsp3) is 0.588. The van der Waals surface area contributed by atoms with Gasteiger partial charge in [-0.15, -0.1) is 0 Å². The Labute approximate surface area is 136 Å². The van der Waals surface area contributed by atoms with Crippen LogP contribution in [-0.4, -0.2) is 34.6 Å². The highest BCUT2D eigenvalue weighted by atomic mass is 32.2. The molecule has 2 rings (SSSR count). The minimum Gasteiger partial charge on any atom is -0.342 e. The van der Waals surface area contributed by atoms with Gasteiger partial charge in [0.1, 0.15) is 11.1 Å². The number of carbonyl (C=O) groups excluding carboxylic acids is 1. The molecule has 1 saturated heterocycles. The zero-order valence-electron chi connectivity index (χ0n) is 13.4. The lowest BCUT2D eigenvalue weighted by molar-refractivity contribution is -0.128. The number of nitrogens with zero attached hydrogens (tertiary/aromatic N) is 3. The number of pyridine rings is 1. The molecule has 0 aliphatic carbocycles. The summed E-state index contributed by atoms with van der Waals surface area (Å²) >= 11 is 1.39. The molecule has 1 aliphatic heterocycles. The van der Waals surface area contributed by atoms with Gasteiger partial charge in [-0.25, -0.2) is 4.98 Å². The number of hydrogen-bond acceptors (Lipinski definition) is 4. The van der Waals surface area contributed by atoms with Crippen molar-refractivity contribution in [2.45, 2.75) is 51.0 Å². The van der Waals surface area contributed by atoms with Gasteiger partial charge in [0, 0.05) is 18.8 Å². The summed E-state index contributed by atoms with van der Waals surface area (Å²) in [5.41, 5.74) is 2.41. The fourth-order valence-electron chi connectivity index (χ4n) is 2.76. The number of likely N-dealkylation sites (tertiary alicyclic amines) is 1. The molecular formula is C17H23N3OS. The lowest BCUT2D eigenvalue weighted by atomic mass is 10.1. The Bertz CT molecular complexity index is 572. The number of aromatic nitrogens is 1. The molecule has 5 heteroatoms. The highest BCUT2D eigenvalue weighted by Gasteiger charge is 2.17. The van der Waals surface area contributed by atoms with E-state index < -0.39 is 0 Å². The van der Waals surface area contributed by atoms with Crippen molar-refractivity contribution in [3.63, 3.8) is 0 Å². The molecule has 0 N–H and O–H groups in total. The predicted molar refractivity (Wildman–Crippen MR) is 88.8 cm³/mol. The van der Waals surface area contributed by atoms with Crippen LogP contribution in [0.25, 0.3) is 0 Å². The molecule has 0 saturated carbocycles. The van der Waals surface area contributed by atoms with Crippen LogP contribution in [0.3, 0.4) is 0 Å². The van der Waals surface area contributed by atoms with Crippen molar-refractivity contribution in [1.29, 1.82) is 5.26 Å². The van der Waals surface area contributed by atoms with Gasteiger partial charge < -0.3 is 4.90 Å². The summed E-state index contributed by atoms with van der Waals surface area (Å²) in [5.74, 6) is 0.529. The first-order chi connectivity index (χ1) is 10.6. The van der Waals surface area contributed by atoms with Gasteiger partial charge in [0.05, 0.1) is 11.3 Å². The molecule has 1 amide bonds. The van der Waals surface area contributed by atoms with Crippen LogP contribution in [0.4, 0.5) is 0 Å². The maximum atomic E-state index is 12.4. The third-order valence-electron chi connectivity index (χ3n) is 3.96. The summed E-state index contributed by atoms with van der Waals surface area (Å²) < 4.78 is 0. The highest BCUT2D eigenvalue weighted by molar-refractivity contribution is 8.00. The summed E-state index contributed by atoms with van der Waals surface area (Å²) in [5, 5.41) is 9.95. The van der Waals surface area contributed by atoms with Crippen LogP contribution >= 0.6 is 11.8 Å². The van der Waals surface area contributed by atoms with Crippen molar-refractivity contribution in [3.8, 4) is 6.07 Å². The first-order valence-electron chi connectivity index (χ1n) is 7.90. The highest BCUT2D eigenvalue weighted by Crippen LogP contribution is 2.24. The van der Waals surface area contributed by atoms with E-state index in [1.54, 1.807) is 0 Å². The van der Waals surface area contributed by atoms with Crippen LogP contribution in [0.1, 0.15) is 48.9 Å². The Kier molecular flexibility index (Phi) is 6.26. The Morgan fingerprint density at radius 2 is 1.91 bits per heavy atom. The van der Waals surface area contributed by atoms with Gasteiger partial charge in [0.25, 0.3) is 0 Å². The first-order valence-corrected chi connectivity index (χ1v) is 8.89. The average molecular weight is 317 g/mol. The van der Waals surface area contributed by atoms with Crippen LogP contribution in [0.2, 0.25) is 0 Å². The van der Waals surface area contributed by atoms with Crippen molar-refractivity contribution >= 4 is 17.7 Å². The predicted octanol–water partition coefficient (Wildman–Crippen LogP) is 3.45. The van der Waals surface area contributed by atoms with Gasteiger partial charge in [0.15, 0.2) is 0 Å². The van der Waals surface area contributed by atoms with Gasteiger partial charge in [-0.3, -0.25) is 4.79 Å². The number of rotatable bonds is 3. The molecular weight excluding hydrogens is 294 g/mol. The Morgan fingerprint density at radius 1 is 1.27 bits per heavy atom. The molecule has 1 fully saturated rings. The number of carbonyl (C=O) groups is 1. The molecule has 0 aromatic carbocycles. The minimum atomic E-state index is 0.164. The molecule has 4 nitrogen and oxygen atoms in total. The van der Waals surface area contributed by atoms with Crippen molar-refractivity contribution < 1.29 is 4.79 Å². The second-order valence-electron chi connectivity index (χ2n) is 5.81. The topological polar surface area (TPSA) is 57.0 Å². The third-order valence-corrected chi connectivity index (χ3v) is 4.92. The Morgan fingerprint density at radius 3 is 2.55 bits per heavy atom. The van der Waals surface area contributed by atoms with Gasteiger partial charge in [-0.2, -0.15) is 5.26 Å². The molecule has 1 aliphatic rings. The third kappa shape index (κ3) is 4.48. The molecule has 22 heavy (non-hydrogen) atoms. The van der Waals surface area contributed by atoms with E-state index in [1.165, 1.54) is 31.0 Å². The lowest BCUT2D eigenvalue weighted by Crippen LogP contribution is -2.35. The monoisotopic (exact) mass is 317 g/mol. The Hall–Kier alpha value is -1.54. The van der Waals surface area contributed by atoms with E-state index in [9.17, 15) is 10.1 Å². The minimum absolute atomic E-state index is 0.164. The summed E-state index contributed by atoms with van der Waals surface area (Å²) in [7, 11) is 0. The summed E-state index contributed by atoms with van der Waals surface area (Å²) in [6.45, 7) is 5.56. The van der Waals surface area contributed by atoms with Gasteiger partial charge >= 0.3 is 0 Å².